The van der Waals surface area contributed by atoms with Gasteiger partial charge in [-0.05, 0) is 12.0 Å². The molecule has 0 aliphatic rings. The molecule has 1 N–H and O–H groups in total. The van der Waals surface area contributed by atoms with Crippen LogP contribution in [0.4, 0.5) is 5.82 Å². The first-order valence-electron chi connectivity index (χ1n) is 4.83. The first kappa shape index (κ1) is 12.2. The number of nitrogens with zero attached hydrogens (tertiary/aromatic N) is 3. The van der Waals surface area contributed by atoms with E-state index in [0.29, 0.717) is 28.0 Å². The summed E-state index contributed by atoms with van der Waals surface area (Å²) in [5.74, 6) is 0.656. The van der Waals surface area contributed by atoms with Crippen molar-refractivity contribution >= 4 is 18.0 Å². The maximum absolute atomic E-state index is 9.15. The van der Waals surface area contributed by atoms with Gasteiger partial charge in [0.15, 0.2) is 0 Å². The molecule has 1 heterocycles. The van der Waals surface area contributed by atoms with Crippen molar-refractivity contribution in [3.05, 3.63) is 21.3 Å². The first-order valence-corrected chi connectivity index (χ1v) is 5.24. The summed E-state index contributed by atoms with van der Waals surface area (Å²) in [5.41, 5.74) is 1.62. The summed E-state index contributed by atoms with van der Waals surface area (Å²) in [6.45, 7) is 1.91. The summed E-state index contributed by atoms with van der Waals surface area (Å²) in [6, 6.07) is 4.18. The fraction of sp³-hybridized carbons (Fsp3) is 0.364. The highest BCUT2D eigenvalue weighted by Gasteiger charge is 2.15. The van der Waals surface area contributed by atoms with E-state index in [9.17, 15) is 0 Å². The zero-order chi connectivity index (χ0) is 12.3. The van der Waals surface area contributed by atoms with E-state index >= 15 is 0 Å². The summed E-state index contributed by atoms with van der Waals surface area (Å²) in [4.78, 5) is 4.70. The van der Waals surface area contributed by atoms with Gasteiger partial charge in [0, 0.05) is 14.1 Å². The normalized spacial score (nSPS) is 9.31. The van der Waals surface area contributed by atoms with E-state index < -0.39 is 0 Å². The average Bonchev–Trinajstić information content (AvgIpc) is 2.27. The summed E-state index contributed by atoms with van der Waals surface area (Å²) in [7, 11) is 3.65. The van der Waals surface area contributed by atoms with Gasteiger partial charge in [-0.15, -0.1) is 0 Å². The molecular formula is C11H12N4S. The lowest BCUT2D eigenvalue weighted by Crippen LogP contribution is -2.15. The largest absolute Gasteiger partial charge is 0.363 e. The Morgan fingerprint density at radius 2 is 1.81 bits per heavy atom. The van der Waals surface area contributed by atoms with Crippen LogP contribution < -0.4 is 4.90 Å². The fourth-order valence-electron chi connectivity index (χ4n) is 1.57. The Hall–Kier alpha value is -1.85. The van der Waals surface area contributed by atoms with Crippen LogP contribution in [-0.4, -0.2) is 19.1 Å². The Labute approximate surface area is 99.7 Å². The molecule has 0 aliphatic heterocycles. The molecule has 0 saturated carbocycles. The molecule has 0 bridgehead atoms. The van der Waals surface area contributed by atoms with Crippen LogP contribution >= 0.6 is 12.2 Å². The molecule has 0 aromatic carbocycles. The maximum atomic E-state index is 9.15. The maximum Gasteiger partial charge on any atom is 0.124 e. The Morgan fingerprint density at radius 3 is 2.19 bits per heavy atom. The molecular weight excluding hydrogens is 220 g/mol. The van der Waals surface area contributed by atoms with Crippen LogP contribution in [0.2, 0.25) is 0 Å². The molecule has 0 spiro atoms. The van der Waals surface area contributed by atoms with Gasteiger partial charge in [-0.2, -0.15) is 10.5 Å². The minimum Gasteiger partial charge on any atom is -0.363 e. The molecule has 0 radical (unpaired) electrons. The Balaban J connectivity index is 3.75. The fourth-order valence-corrected chi connectivity index (χ4v) is 1.83. The van der Waals surface area contributed by atoms with E-state index in [1.165, 1.54) is 0 Å². The van der Waals surface area contributed by atoms with Crippen molar-refractivity contribution in [2.75, 3.05) is 19.0 Å². The number of aromatic amines is 1. The van der Waals surface area contributed by atoms with Crippen LogP contribution in [-0.2, 0) is 6.42 Å². The second kappa shape index (κ2) is 4.78. The molecule has 82 valence electrons. The Morgan fingerprint density at radius 1 is 1.25 bits per heavy atom. The highest BCUT2D eigenvalue weighted by molar-refractivity contribution is 7.71. The van der Waals surface area contributed by atoms with Crippen molar-refractivity contribution in [1.29, 1.82) is 10.5 Å². The number of pyridine rings is 1. The Bertz CT molecular complexity index is 543. The second-order valence-electron chi connectivity index (χ2n) is 3.50. The van der Waals surface area contributed by atoms with Crippen molar-refractivity contribution in [3.8, 4) is 12.1 Å². The molecule has 0 fully saturated rings. The molecule has 1 aromatic rings. The lowest BCUT2D eigenvalue weighted by atomic mass is 10.0. The van der Waals surface area contributed by atoms with E-state index in [4.69, 9.17) is 22.7 Å². The van der Waals surface area contributed by atoms with E-state index in [2.05, 4.69) is 17.1 Å². The van der Waals surface area contributed by atoms with Gasteiger partial charge in [0.25, 0.3) is 0 Å². The summed E-state index contributed by atoms with van der Waals surface area (Å²) in [6.07, 6.45) is 0.616. The van der Waals surface area contributed by atoms with E-state index in [1.807, 2.05) is 21.0 Å². The zero-order valence-corrected chi connectivity index (χ0v) is 10.3. The van der Waals surface area contributed by atoms with Gasteiger partial charge in [-0.1, -0.05) is 19.1 Å². The number of nitriles is 2. The lowest BCUT2D eigenvalue weighted by Gasteiger charge is -2.16. The second-order valence-corrected chi connectivity index (χ2v) is 3.91. The van der Waals surface area contributed by atoms with E-state index in [0.717, 1.165) is 5.56 Å². The molecule has 0 aliphatic carbocycles. The number of hydrogen-bond donors (Lipinski definition) is 1. The van der Waals surface area contributed by atoms with Gasteiger partial charge < -0.3 is 9.88 Å². The molecule has 5 heteroatoms. The molecule has 0 atom stereocenters. The minimum absolute atomic E-state index is 0.391. The summed E-state index contributed by atoms with van der Waals surface area (Å²) in [5, 5.41) is 18.2. The number of nitrogens with one attached hydrogen (secondary N) is 1. The van der Waals surface area contributed by atoms with Crippen molar-refractivity contribution < 1.29 is 0 Å². The minimum atomic E-state index is 0.391. The van der Waals surface area contributed by atoms with Crippen molar-refractivity contribution in [1.82, 2.24) is 4.98 Å². The van der Waals surface area contributed by atoms with Gasteiger partial charge in [0.2, 0.25) is 0 Å². The van der Waals surface area contributed by atoms with Crippen LogP contribution in [0.25, 0.3) is 0 Å². The van der Waals surface area contributed by atoms with Crippen molar-refractivity contribution in [2.45, 2.75) is 13.3 Å². The predicted molar refractivity (Wildman–Crippen MR) is 64.8 cm³/mol. The summed E-state index contributed by atoms with van der Waals surface area (Å²) < 4.78 is 0.391. The van der Waals surface area contributed by atoms with Crippen LogP contribution in [0.1, 0.15) is 23.6 Å². The third kappa shape index (κ3) is 1.91. The average molecular weight is 232 g/mol. The third-order valence-corrected chi connectivity index (χ3v) is 2.63. The number of H-pyrrole nitrogens is 1. The van der Waals surface area contributed by atoms with Crippen LogP contribution in [0.15, 0.2) is 0 Å². The highest BCUT2D eigenvalue weighted by atomic mass is 32.1. The van der Waals surface area contributed by atoms with Gasteiger partial charge in [0.05, 0.1) is 11.1 Å². The quantitative estimate of drug-likeness (QED) is 0.793. The highest BCUT2D eigenvalue weighted by Crippen LogP contribution is 2.23. The summed E-state index contributed by atoms with van der Waals surface area (Å²) >= 11 is 5.11. The predicted octanol–water partition coefficient (Wildman–Crippen LogP) is 2.12. The van der Waals surface area contributed by atoms with Gasteiger partial charge in [-0.25, -0.2) is 0 Å². The number of anilines is 1. The molecule has 1 rings (SSSR count). The molecule has 0 saturated heterocycles. The van der Waals surface area contributed by atoms with Gasteiger partial charge in [-0.3, -0.25) is 0 Å². The van der Waals surface area contributed by atoms with Crippen LogP contribution in [0, 0.1) is 27.3 Å². The monoisotopic (exact) mass is 232 g/mol. The van der Waals surface area contributed by atoms with Crippen LogP contribution in [0.3, 0.4) is 0 Å². The molecule has 1 aromatic heterocycles. The number of aromatic nitrogens is 1. The molecule has 0 unspecified atom stereocenters. The SMILES string of the molecule is CCc1c(C#N)c(N(C)C)[nH]c(=S)c1C#N. The third-order valence-electron chi connectivity index (χ3n) is 2.32. The molecule has 0 amide bonds. The van der Waals surface area contributed by atoms with Crippen molar-refractivity contribution in [3.63, 3.8) is 0 Å². The standard InChI is InChI=1S/C11H12N4S/c1-4-7-8(5-12)10(15(2)3)14-11(16)9(7)6-13/h4H2,1-3H3,(H,14,16). The van der Waals surface area contributed by atoms with Gasteiger partial charge >= 0.3 is 0 Å². The smallest absolute Gasteiger partial charge is 0.124 e. The van der Waals surface area contributed by atoms with Gasteiger partial charge in [0.1, 0.15) is 22.6 Å². The van der Waals surface area contributed by atoms with E-state index in [-0.39, 0.29) is 0 Å². The molecule has 4 nitrogen and oxygen atoms in total. The number of rotatable bonds is 2. The lowest BCUT2D eigenvalue weighted by molar-refractivity contribution is 1.01. The van der Waals surface area contributed by atoms with Crippen LogP contribution in [0.5, 0.6) is 0 Å². The topological polar surface area (TPSA) is 66.6 Å². The molecule has 16 heavy (non-hydrogen) atoms. The zero-order valence-electron chi connectivity index (χ0n) is 9.46. The van der Waals surface area contributed by atoms with Crippen molar-refractivity contribution in [2.24, 2.45) is 0 Å². The first-order chi connectivity index (χ1) is 7.56. The number of hydrogen-bond acceptors (Lipinski definition) is 4. The van der Waals surface area contributed by atoms with E-state index in [1.54, 1.807) is 4.90 Å². The Kier molecular flexibility index (Phi) is 3.65.